The van der Waals surface area contributed by atoms with Crippen LogP contribution in [0.15, 0.2) is 36.9 Å². The normalized spacial score (nSPS) is 9.80. The van der Waals surface area contributed by atoms with Crippen LogP contribution in [0.2, 0.25) is 0 Å². The lowest BCUT2D eigenvalue weighted by Crippen LogP contribution is -2.12. The second-order valence-corrected chi connectivity index (χ2v) is 4.11. The van der Waals surface area contributed by atoms with Crippen molar-refractivity contribution in [1.82, 2.24) is 0 Å². The SMILES string of the molecule is C=CC(=O)CCCCOC(=O)c1ccccc1C(=O)O. The van der Waals surface area contributed by atoms with Crippen LogP contribution in [0.1, 0.15) is 40.0 Å². The monoisotopic (exact) mass is 276 g/mol. The molecule has 0 bridgehead atoms. The van der Waals surface area contributed by atoms with Crippen molar-refractivity contribution in [3.8, 4) is 0 Å². The van der Waals surface area contributed by atoms with Crippen LogP contribution in [-0.2, 0) is 9.53 Å². The molecule has 1 aromatic carbocycles. The van der Waals surface area contributed by atoms with Gasteiger partial charge in [0.25, 0.3) is 0 Å². The quantitative estimate of drug-likeness (QED) is 0.448. The van der Waals surface area contributed by atoms with Gasteiger partial charge in [-0.2, -0.15) is 0 Å². The minimum absolute atomic E-state index is 0.0298. The van der Waals surface area contributed by atoms with E-state index in [2.05, 4.69) is 6.58 Å². The van der Waals surface area contributed by atoms with Crippen LogP contribution in [0.3, 0.4) is 0 Å². The van der Waals surface area contributed by atoms with E-state index in [-0.39, 0.29) is 23.5 Å². The first-order chi connectivity index (χ1) is 9.56. The molecule has 5 nitrogen and oxygen atoms in total. The van der Waals surface area contributed by atoms with Crippen molar-refractivity contribution in [3.05, 3.63) is 48.0 Å². The highest BCUT2D eigenvalue weighted by Gasteiger charge is 2.16. The van der Waals surface area contributed by atoms with Gasteiger partial charge in [0.1, 0.15) is 0 Å². The molecule has 106 valence electrons. The number of hydrogen-bond donors (Lipinski definition) is 1. The highest BCUT2D eigenvalue weighted by atomic mass is 16.5. The molecular weight excluding hydrogens is 260 g/mol. The lowest BCUT2D eigenvalue weighted by molar-refractivity contribution is -0.114. The summed E-state index contributed by atoms with van der Waals surface area (Å²) in [5, 5.41) is 8.96. The summed E-state index contributed by atoms with van der Waals surface area (Å²) < 4.78 is 4.99. The first-order valence-corrected chi connectivity index (χ1v) is 6.21. The lowest BCUT2D eigenvalue weighted by atomic mass is 10.1. The third-order valence-electron chi connectivity index (χ3n) is 2.66. The number of carbonyl (C=O) groups is 3. The summed E-state index contributed by atoms with van der Waals surface area (Å²) in [7, 11) is 0. The maximum absolute atomic E-state index is 11.8. The minimum Gasteiger partial charge on any atom is -0.478 e. The van der Waals surface area contributed by atoms with Crippen molar-refractivity contribution in [2.24, 2.45) is 0 Å². The number of benzene rings is 1. The van der Waals surface area contributed by atoms with E-state index in [9.17, 15) is 14.4 Å². The summed E-state index contributed by atoms with van der Waals surface area (Å²) in [6, 6.07) is 5.88. The zero-order valence-corrected chi connectivity index (χ0v) is 11.0. The van der Waals surface area contributed by atoms with E-state index in [1.807, 2.05) is 0 Å². The standard InChI is InChI=1S/C15H16O5/c1-2-11(16)7-5-6-10-20-15(19)13-9-4-3-8-12(13)14(17)18/h2-4,8-9H,1,5-7,10H2,(H,17,18). The molecule has 5 heteroatoms. The van der Waals surface area contributed by atoms with Crippen molar-refractivity contribution in [3.63, 3.8) is 0 Å². The Hall–Kier alpha value is -2.43. The molecule has 0 aliphatic carbocycles. The summed E-state index contributed by atoms with van der Waals surface area (Å²) in [5.41, 5.74) is -0.0542. The molecule has 0 fully saturated rings. The van der Waals surface area contributed by atoms with Gasteiger partial charge in [-0.05, 0) is 31.1 Å². The highest BCUT2D eigenvalue weighted by Crippen LogP contribution is 2.11. The summed E-state index contributed by atoms with van der Waals surface area (Å²) in [5.74, 6) is -1.89. The number of unbranched alkanes of at least 4 members (excludes halogenated alkanes) is 1. The van der Waals surface area contributed by atoms with Crippen LogP contribution in [-0.4, -0.2) is 29.4 Å². The molecule has 0 heterocycles. The van der Waals surface area contributed by atoms with E-state index < -0.39 is 11.9 Å². The van der Waals surface area contributed by atoms with Gasteiger partial charge in [0.05, 0.1) is 17.7 Å². The number of ketones is 1. The molecule has 1 N–H and O–H groups in total. The van der Waals surface area contributed by atoms with Gasteiger partial charge in [0, 0.05) is 6.42 Å². The van der Waals surface area contributed by atoms with Gasteiger partial charge < -0.3 is 9.84 Å². The van der Waals surface area contributed by atoms with E-state index in [0.29, 0.717) is 19.3 Å². The van der Waals surface area contributed by atoms with E-state index in [1.54, 1.807) is 12.1 Å². The number of allylic oxidation sites excluding steroid dienone is 1. The van der Waals surface area contributed by atoms with Gasteiger partial charge in [-0.25, -0.2) is 9.59 Å². The van der Waals surface area contributed by atoms with Crippen molar-refractivity contribution in [1.29, 1.82) is 0 Å². The Morgan fingerprint density at radius 3 is 2.40 bits per heavy atom. The van der Waals surface area contributed by atoms with Gasteiger partial charge in [-0.1, -0.05) is 18.7 Å². The fraction of sp³-hybridized carbons (Fsp3) is 0.267. The minimum atomic E-state index is -1.17. The van der Waals surface area contributed by atoms with Gasteiger partial charge in [-0.3, -0.25) is 4.79 Å². The molecule has 0 aromatic heterocycles. The number of ether oxygens (including phenoxy) is 1. The third kappa shape index (κ3) is 4.68. The molecule has 0 unspecified atom stereocenters. The number of hydrogen-bond acceptors (Lipinski definition) is 4. The lowest BCUT2D eigenvalue weighted by Gasteiger charge is -2.06. The molecule has 0 spiro atoms. The van der Waals surface area contributed by atoms with E-state index in [0.717, 1.165) is 0 Å². The Kier molecular flexibility index (Phi) is 6.16. The first kappa shape index (κ1) is 15.6. The van der Waals surface area contributed by atoms with Crippen molar-refractivity contribution in [2.45, 2.75) is 19.3 Å². The third-order valence-corrected chi connectivity index (χ3v) is 2.66. The molecule has 0 saturated heterocycles. The number of carbonyl (C=O) groups excluding carboxylic acids is 2. The van der Waals surface area contributed by atoms with Crippen molar-refractivity contribution < 1.29 is 24.2 Å². The van der Waals surface area contributed by atoms with Crippen LogP contribution < -0.4 is 0 Å². The van der Waals surface area contributed by atoms with Crippen LogP contribution in [0.4, 0.5) is 0 Å². The Balaban J connectivity index is 2.46. The molecule has 0 amide bonds. The molecule has 0 radical (unpaired) electrons. The van der Waals surface area contributed by atoms with Gasteiger partial charge in [0.2, 0.25) is 0 Å². The van der Waals surface area contributed by atoms with Crippen LogP contribution >= 0.6 is 0 Å². The Morgan fingerprint density at radius 1 is 1.15 bits per heavy atom. The maximum Gasteiger partial charge on any atom is 0.339 e. The number of esters is 1. The first-order valence-electron chi connectivity index (χ1n) is 6.21. The second-order valence-electron chi connectivity index (χ2n) is 4.11. The van der Waals surface area contributed by atoms with Crippen molar-refractivity contribution >= 4 is 17.7 Å². The van der Waals surface area contributed by atoms with E-state index >= 15 is 0 Å². The van der Waals surface area contributed by atoms with Gasteiger partial charge >= 0.3 is 11.9 Å². The second kappa shape index (κ2) is 7.89. The van der Waals surface area contributed by atoms with Gasteiger partial charge in [0.15, 0.2) is 5.78 Å². The van der Waals surface area contributed by atoms with Crippen LogP contribution in [0.25, 0.3) is 0 Å². The zero-order valence-electron chi connectivity index (χ0n) is 11.0. The number of rotatable bonds is 8. The zero-order chi connectivity index (χ0) is 15.0. The Morgan fingerprint density at radius 2 is 1.80 bits per heavy atom. The predicted octanol–water partition coefficient (Wildman–Crippen LogP) is 2.47. The summed E-state index contributed by atoms with van der Waals surface area (Å²) in [4.78, 5) is 33.7. The van der Waals surface area contributed by atoms with Crippen molar-refractivity contribution in [2.75, 3.05) is 6.61 Å². The molecular formula is C15H16O5. The maximum atomic E-state index is 11.8. The average Bonchev–Trinajstić information content (AvgIpc) is 2.46. The fourth-order valence-corrected chi connectivity index (χ4v) is 1.59. The average molecular weight is 276 g/mol. The summed E-state index contributed by atoms with van der Waals surface area (Å²) >= 11 is 0. The van der Waals surface area contributed by atoms with Gasteiger partial charge in [-0.15, -0.1) is 0 Å². The van der Waals surface area contributed by atoms with Crippen LogP contribution in [0, 0.1) is 0 Å². The largest absolute Gasteiger partial charge is 0.478 e. The van der Waals surface area contributed by atoms with E-state index in [4.69, 9.17) is 9.84 Å². The Labute approximate surface area is 116 Å². The number of carboxylic acid groups (broad SMARTS) is 1. The molecule has 1 rings (SSSR count). The number of aromatic carboxylic acids is 1. The molecule has 0 aliphatic rings. The molecule has 0 aliphatic heterocycles. The molecule has 20 heavy (non-hydrogen) atoms. The summed E-state index contributed by atoms with van der Waals surface area (Å²) in [6.07, 6.45) is 2.77. The van der Waals surface area contributed by atoms with Crippen LogP contribution in [0.5, 0.6) is 0 Å². The Bertz CT molecular complexity index is 519. The molecule has 0 atom stereocenters. The summed E-state index contributed by atoms with van der Waals surface area (Å²) in [6.45, 7) is 3.51. The topological polar surface area (TPSA) is 80.7 Å². The predicted molar refractivity (Wildman–Crippen MR) is 72.7 cm³/mol. The highest BCUT2D eigenvalue weighted by molar-refractivity contribution is 6.02. The molecule has 1 aromatic rings. The molecule has 0 saturated carbocycles. The fourth-order valence-electron chi connectivity index (χ4n) is 1.59. The number of carboxylic acids is 1. The van der Waals surface area contributed by atoms with E-state index in [1.165, 1.54) is 18.2 Å². The smallest absolute Gasteiger partial charge is 0.339 e.